The lowest BCUT2D eigenvalue weighted by Gasteiger charge is -2.14. The molecule has 1 aromatic heterocycles. The van der Waals surface area contributed by atoms with Crippen molar-refractivity contribution in [2.75, 3.05) is 19.0 Å². The van der Waals surface area contributed by atoms with Crippen molar-refractivity contribution in [1.29, 1.82) is 0 Å². The zero-order valence-electron chi connectivity index (χ0n) is 10.1. The van der Waals surface area contributed by atoms with Gasteiger partial charge in [-0.15, -0.1) is 0 Å². The molecule has 0 radical (unpaired) electrons. The topological polar surface area (TPSA) is 47.0 Å². The van der Waals surface area contributed by atoms with Crippen molar-refractivity contribution in [2.24, 2.45) is 0 Å². The van der Waals surface area contributed by atoms with Crippen LogP contribution in [0.3, 0.4) is 0 Å². The number of nitrogens with zero attached hydrogens (tertiary/aromatic N) is 2. The molecule has 16 heavy (non-hydrogen) atoms. The third kappa shape index (κ3) is 4.06. The second-order valence-corrected chi connectivity index (χ2v) is 4.90. The molecular weight excluding hydrogens is 270 g/mol. The molecule has 1 rings (SSSR count). The average Bonchev–Trinajstić information content (AvgIpc) is 2.16. The number of hydrogen-bond donors (Lipinski definition) is 1. The number of aromatic nitrogens is 2. The summed E-state index contributed by atoms with van der Waals surface area (Å²) in [5.74, 6) is 1.98. The van der Waals surface area contributed by atoms with E-state index in [1.807, 2.05) is 6.07 Å². The molecule has 1 unspecified atom stereocenters. The van der Waals surface area contributed by atoms with E-state index in [-0.39, 0.29) is 6.04 Å². The Kier molecular flexibility index (Phi) is 5.15. The monoisotopic (exact) mass is 287 g/mol. The summed E-state index contributed by atoms with van der Waals surface area (Å²) in [6, 6.07) is 2.10. The van der Waals surface area contributed by atoms with Crippen LogP contribution < -0.4 is 5.32 Å². The number of rotatable bonds is 5. The fourth-order valence-corrected chi connectivity index (χ4v) is 1.71. The molecule has 0 aliphatic rings. The Bertz CT molecular complexity index is 344. The molecule has 0 aliphatic heterocycles. The van der Waals surface area contributed by atoms with Gasteiger partial charge in [-0.25, -0.2) is 9.97 Å². The van der Waals surface area contributed by atoms with Crippen molar-refractivity contribution in [1.82, 2.24) is 9.97 Å². The lowest BCUT2D eigenvalue weighted by Crippen LogP contribution is -2.22. The summed E-state index contributed by atoms with van der Waals surface area (Å²) in [5.41, 5.74) is 0. The predicted molar refractivity (Wildman–Crippen MR) is 68.8 cm³/mol. The van der Waals surface area contributed by atoms with Gasteiger partial charge in [0.2, 0.25) is 0 Å². The Morgan fingerprint density at radius 3 is 2.62 bits per heavy atom. The maximum absolute atomic E-state index is 5.07. The second kappa shape index (κ2) is 6.15. The van der Waals surface area contributed by atoms with E-state index >= 15 is 0 Å². The Morgan fingerprint density at radius 2 is 2.06 bits per heavy atom. The van der Waals surface area contributed by atoms with Crippen LogP contribution in [0.1, 0.15) is 32.5 Å². The molecule has 5 heteroatoms. The minimum Gasteiger partial charge on any atom is -0.383 e. The summed E-state index contributed by atoms with van der Waals surface area (Å²) in [6.07, 6.45) is 0. The van der Waals surface area contributed by atoms with E-state index in [2.05, 4.69) is 52.0 Å². The van der Waals surface area contributed by atoms with Crippen LogP contribution >= 0.6 is 15.9 Å². The van der Waals surface area contributed by atoms with Crippen molar-refractivity contribution in [2.45, 2.75) is 32.7 Å². The minimum absolute atomic E-state index is 0.229. The van der Waals surface area contributed by atoms with Crippen LogP contribution in [0, 0.1) is 0 Å². The quantitative estimate of drug-likeness (QED) is 0.846. The van der Waals surface area contributed by atoms with E-state index in [9.17, 15) is 0 Å². The minimum atomic E-state index is 0.229. The highest BCUT2D eigenvalue weighted by Gasteiger charge is 2.08. The third-order valence-corrected chi connectivity index (χ3v) is 2.45. The first-order chi connectivity index (χ1) is 7.52. The molecule has 0 spiro atoms. The Balaban J connectivity index is 2.80. The van der Waals surface area contributed by atoms with Gasteiger partial charge < -0.3 is 10.1 Å². The van der Waals surface area contributed by atoms with Gasteiger partial charge in [-0.05, 0) is 22.9 Å². The van der Waals surface area contributed by atoms with Crippen LogP contribution in [0.4, 0.5) is 5.82 Å². The van der Waals surface area contributed by atoms with E-state index in [4.69, 9.17) is 4.74 Å². The van der Waals surface area contributed by atoms with Gasteiger partial charge in [0.15, 0.2) is 0 Å². The molecule has 0 amide bonds. The molecule has 0 saturated carbocycles. The van der Waals surface area contributed by atoms with Crippen LogP contribution in [0.5, 0.6) is 0 Å². The lowest BCUT2D eigenvalue weighted by atomic mass is 10.2. The number of methoxy groups -OCH3 is 1. The second-order valence-electron chi connectivity index (χ2n) is 4.09. The van der Waals surface area contributed by atoms with Crippen molar-refractivity contribution < 1.29 is 4.74 Å². The lowest BCUT2D eigenvalue weighted by molar-refractivity contribution is 0.190. The average molecular weight is 288 g/mol. The molecular formula is C11H18BrN3O. The molecule has 1 atom stereocenters. The Morgan fingerprint density at radius 1 is 1.38 bits per heavy atom. The molecule has 1 heterocycles. The smallest absolute Gasteiger partial charge is 0.134 e. The molecule has 0 saturated heterocycles. The van der Waals surface area contributed by atoms with E-state index in [0.29, 0.717) is 12.5 Å². The van der Waals surface area contributed by atoms with Crippen LogP contribution in [0.25, 0.3) is 0 Å². The van der Waals surface area contributed by atoms with Crippen molar-refractivity contribution in [3.8, 4) is 0 Å². The number of halogens is 1. The van der Waals surface area contributed by atoms with Gasteiger partial charge in [-0.2, -0.15) is 0 Å². The van der Waals surface area contributed by atoms with Gasteiger partial charge in [-0.1, -0.05) is 13.8 Å². The molecule has 0 bridgehead atoms. The van der Waals surface area contributed by atoms with Gasteiger partial charge in [0.25, 0.3) is 0 Å². The molecule has 1 aromatic rings. The standard InChI is InChI=1S/C11H18BrN3O/c1-7(2)11-14-9(12)5-10(15-11)13-8(3)6-16-4/h5,7-8H,6H2,1-4H3,(H,13,14,15). The number of anilines is 1. The highest BCUT2D eigenvalue weighted by molar-refractivity contribution is 9.10. The molecule has 0 fully saturated rings. The van der Waals surface area contributed by atoms with E-state index < -0.39 is 0 Å². The largest absolute Gasteiger partial charge is 0.383 e. The molecule has 0 aromatic carbocycles. The van der Waals surface area contributed by atoms with Crippen molar-refractivity contribution in [3.63, 3.8) is 0 Å². The highest BCUT2D eigenvalue weighted by atomic mass is 79.9. The van der Waals surface area contributed by atoms with Crippen LogP contribution in [-0.4, -0.2) is 29.7 Å². The molecule has 1 N–H and O–H groups in total. The number of hydrogen-bond acceptors (Lipinski definition) is 4. The van der Waals surface area contributed by atoms with Crippen LogP contribution in [0.2, 0.25) is 0 Å². The van der Waals surface area contributed by atoms with Crippen LogP contribution in [-0.2, 0) is 4.74 Å². The summed E-state index contributed by atoms with van der Waals surface area (Å²) in [5, 5.41) is 3.27. The third-order valence-electron chi connectivity index (χ3n) is 2.04. The molecule has 0 aliphatic carbocycles. The Hall–Kier alpha value is -0.680. The van der Waals surface area contributed by atoms with Crippen LogP contribution in [0.15, 0.2) is 10.7 Å². The van der Waals surface area contributed by atoms with Gasteiger partial charge >= 0.3 is 0 Å². The van der Waals surface area contributed by atoms with E-state index in [1.165, 1.54) is 0 Å². The number of nitrogens with one attached hydrogen (secondary N) is 1. The summed E-state index contributed by atoms with van der Waals surface area (Å²) in [6.45, 7) is 6.85. The maximum atomic E-state index is 5.07. The van der Waals surface area contributed by atoms with E-state index in [0.717, 1.165) is 16.2 Å². The first-order valence-corrected chi connectivity index (χ1v) is 6.12. The van der Waals surface area contributed by atoms with Crippen molar-refractivity contribution in [3.05, 3.63) is 16.5 Å². The predicted octanol–water partition coefficient (Wildman–Crippen LogP) is 2.81. The first-order valence-electron chi connectivity index (χ1n) is 5.33. The molecule has 90 valence electrons. The van der Waals surface area contributed by atoms with Gasteiger partial charge in [-0.3, -0.25) is 0 Å². The first kappa shape index (κ1) is 13.4. The Labute approximate surface area is 105 Å². The van der Waals surface area contributed by atoms with Crippen molar-refractivity contribution >= 4 is 21.7 Å². The summed E-state index contributed by atoms with van der Waals surface area (Å²) in [4.78, 5) is 8.77. The van der Waals surface area contributed by atoms with E-state index in [1.54, 1.807) is 7.11 Å². The molecule has 4 nitrogen and oxygen atoms in total. The highest BCUT2D eigenvalue weighted by Crippen LogP contribution is 2.17. The number of ether oxygens (including phenoxy) is 1. The fraction of sp³-hybridized carbons (Fsp3) is 0.636. The summed E-state index contributed by atoms with van der Waals surface area (Å²) >= 11 is 3.39. The summed E-state index contributed by atoms with van der Waals surface area (Å²) in [7, 11) is 1.69. The SMILES string of the molecule is COCC(C)Nc1cc(Br)nc(C(C)C)n1. The van der Waals surface area contributed by atoms with Gasteiger partial charge in [0.05, 0.1) is 6.61 Å². The van der Waals surface area contributed by atoms with Gasteiger partial charge in [0.1, 0.15) is 16.2 Å². The maximum Gasteiger partial charge on any atom is 0.134 e. The zero-order chi connectivity index (χ0) is 12.1. The zero-order valence-corrected chi connectivity index (χ0v) is 11.7. The van der Waals surface area contributed by atoms with Gasteiger partial charge in [0, 0.05) is 25.1 Å². The summed E-state index contributed by atoms with van der Waals surface area (Å²) < 4.78 is 5.87. The normalized spacial score (nSPS) is 12.9. The fourth-order valence-electron chi connectivity index (χ4n) is 1.31.